The molecule has 3 fully saturated rings. The summed E-state index contributed by atoms with van der Waals surface area (Å²) in [7, 11) is 0. The first-order chi connectivity index (χ1) is 18.0. The molecular formula is C31H35FN2O3S. The molecule has 38 heavy (non-hydrogen) atoms. The molecule has 6 rings (SSSR count). The van der Waals surface area contributed by atoms with Crippen LogP contribution in [0, 0.1) is 35.5 Å². The maximum atomic E-state index is 17.3. The number of carbonyl (C=O) groups is 2. The smallest absolute Gasteiger partial charge is 0.257 e. The maximum absolute atomic E-state index is 17.3. The fraction of sp³-hybridized carbons (Fsp3) is 0.516. The first kappa shape index (κ1) is 25.6. The predicted octanol–water partition coefficient (Wildman–Crippen LogP) is 6.40. The second kappa shape index (κ2) is 8.68. The number of halogens is 1. The lowest BCUT2D eigenvalue weighted by atomic mass is 9.45. The number of anilines is 1. The van der Waals surface area contributed by atoms with Gasteiger partial charge in [0, 0.05) is 28.2 Å². The predicted molar refractivity (Wildman–Crippen MR) is 147 cm³/mol. The van der Waals surface area contributed by atoms with Gasteiger partial charge in [-0.3, -0.25) is 14.9 Å². The van der Waals surface area contributed by atoms with Gasteiger partial charge in [-0.15, -0.1) is 11.3 Å². The molecule has 0 saturated heterocycles. The van der Waals surface area contributed by atoms with E-state index in [0.29, 0.717) is 30.0 Å². The molecule has 1 aromatic carbocycles. The Balaban J connectivity index is 1.29. The molecule has 2 aromatic rings. The van der Waals surface area contributed by atoms with Crippen LogP contribution in [0.3, 0.4) is 0 Å². The van der Waals surface area contributed by atoms with Gasteiger partial charge < -0.3 is 5.11 Å². The summed E-state index contributed by atoms with van der Waals surface area (Å²) in [6.45, 7) is 8.25. The minimum atomic E-state index is -1.82. The molecule has 5 nitrogen and oxygen atoms in total. The van der Waals surface area contributed by atoms with Crippen molar-refractivity contribution < 1.29 is 19.1 Å². The Bertz CT molecular complexity index is 1370. The summed E-state index contributed by atoms with van der Waals surface area (Å²) in [6, 6.07) is 7.43. The normalized spacial score (nSPS) is 39.7. The molecular weight excluding hydrogens is 499 g/mol. The number of alkyl halides is 1. The monoisotopic (exact) mass is 534 g/mol. The molecule has 1 amide bonds. The summed E-state index contributed by atoms with van der Waals surface area (Å²) >= 11 is 1.41. The Kier molecular flexibility index (Phi) is 5.86. The van der Waals surface area contributed by atoms with Gasteiger partial charge in [-0.2, -0.15) is 0 Å². The molecule has 4 aliphatic carbocycles. The van der Waals surface area contributed by atoms with Crippen LogP contribution in [0.5, 0.6) is 0 Å². The summed E-state index contributed by atoms with van der Waals surface area (Å²) in [5.41, 5.74) is 0.286. The van der Waals surface area contributed by atoms with Crippen molar-refractivity contribution in [2.75, 3.05) is 5.32 Å². The number of allylic oxidation sites excluding steroid dienone is 4. The average molecular weight is 535 g/mol. The maximum Gasteiger partial charge on any atom is 0.257 e. The number of thiazole rings is 1. The second-order valence-corrected chi connectivity index (χ2v) is 13.3. The number of hydrogen-bond donors (Lipinski definition) is 2. The molecule has 3 saturated carbocycles. The van der Waals surface area contributed by atoms with Crippen LogP contribution in [0.25, 0.3) is 0 Å². The summed E-state index contributed by atoms with van der Waals surface area (Å²) in [6.07, 6.45) is 6.12. The van der Waals surface area contributed by atoms with Crippen molar-refractivity contribution in [1.82, 2.24) is 4.98 Å². The highest BCUT2D eigenvalue weighted by atomic mass is 32.1. The van der Waals surface area contributed by atoms with Gasteiger partial charge in [0.05, 0.1) is 11.8 Å². The molecule has 1 heterocycles. The zero-order valence-electron chi connectivity index (χ0n) is 22.3. The van der Waals surface area contributed by atoms with Crippen molar-refractivity contribution in [2.24, 2.45) is 28.6 Å². The van der Waals surface area contributed by atoms with Gasteiger partial charge in [-0.05, 0) is 81.1 Å². The first-order valence-electron chi connectivity index (χ1n) is 13.6. The van der Waals surface area contributed by atoms with Crippen molar-refractivity contribution in [3.05, 3.63) is 70.3 Å². The van der Waals surface area contributed by atoms with Crippen molar-refractivity contribution in [1.29, 1.82) is 0 Å². The summed E-state index contributed by atoms with van der Waals surface area (Å²) < 4.78 is 17.3. The molecule has 0 bridgehead atoms. The van der Waals surface area contributed by atoms with Crippen LogP contribution >= 0.6 is 11.3 Å². The summed E-state index contributed by atoms with van der Waals surface area (Å²) in [5.74, 6) is -0.187. The Morgan fingerprint density at radius 1 is 1.21 bits per heavy atom. The summed E-state index contributed by atoms with van der Waals surface area (Å²) in [4.78, 5) is 29.7. The highest BCUT2D eigenvalue weighted by Crippen LogP contribution is 2.71. The number of nitrogens with zero attached hydrogens (tertiary/aromatic N) is 1. The van der Waals surface area contributed by atoms with E-state index in [-0.39, 0.29) is 40.8 Å². The number of nitrogens with one attached hydrogen (secondary N) is 1. The number of rotatable bonds is 3. The number of aliphatic hydroxyl groups is 1. The van der Waals surface area contributed by atoms with E-state index in [2.05, 4.69) is 19.2 Å². The third-order valence-corrected chi connectivity index (χ3v) is 11.1. The highest BCUT2D eigenvalue weighted by molar-refractivity contribution is 7.14. The van der Waals surface area contributed by atoms with Gasteiger partial charge in [0.25, 0.3) is 5.91 Å². The number of amides is 1. The van der Waals surface area contributed by atoms with Crippen molar-refractivity contribution >= 4 is 28.2 Å². The average Bonchev–Trinajstić information content (AvgIpc) is 3.41. The van der Waals surface area contributed by atoms with E-state index in [1.165, 1.54) is 17.4 Å². The zero-order chi connectivity index (χ0) is 27.0. The zero-order valence-corrected chi connectivity index (χ0v) is 23.1. The molecule has 0 aliphatic heterocycles. The number of benzene rings is 1. The minimum Gasteiger partial charge on any atom is -0.390 e. The van der Waals surface area contributed by atoms with Gasteiger partial charge in [-0.25, -0.2) is 9.37 Å². The number of carbonyl (C=O) groups excluding carboxylic acids is 2. The van der Waals surface area contributed by atoms with E-state index in [1.54, 1.807) is 24.3 Å². The number of aliphatic hydroxyl groups excluding tert-OH is 1. The van der Waals surface area contributed by atoms with Gasteiger partial charge in [0.2, 0.25) is 0 Å². The fourth-order valence-corrected chi connectivity index (χ4v) is 9.31. The largest absolute Gasteiger partial charge is 0.390 e. The van der Waals surface area contributed by atoms with Gasteiger partial charge >= 0.3 is 0 Å². The Labute approximate surface area is 227 Å². The van der Waals surface area contributed by atoms with Crippen LogP contribution in [0.4, 0.5) is 9.52 Å². The van der Waals surface area contributed by atoms with Crippen LogP contribution in [-0.4, -0.2) is 33.6 Å². The van der Waals surface area contributed by atoms with Gasteiger partial charge in [-0.1, -0.05) is 43.2 Å². The van der Waals surface area contributed by atoms with Crippen LogP contribution in [0.15, 0.2) is 53.4 Å². The fourth-order valence-electron chi connectivity index (χ4n) is 8.57. The molecule has 0 spiro atoms. The van der Waals surface area contributed by atoms with Crippen molar-refractivity contribution in [2.45, 2.75) is 71.1 Å². The van der Waals surface area contributed by atoms with Crippen LogP contribution < -0.4 is 5.32 Å². The van der Waals surface area contributed by atoms with E-state index < -0.39 is 17.2 Å². The van der Waals surface area contributed by atoms with Gasteiger partial charge in [0.1, 0.15) is 0 Å². The molecule has 2 N–H and O–H groups in total. The number of ketones is 1. The van der Waals surface area contributed by atoms with Gasteiger partial charge in [0.15, 0.2) is 16.6 Å². The topological polar surface area (TPSA) is 79.3 Å². The van der Waals surface area contributed by atoms with E-state index in [1.807, 2.05) is 31.4 Å². The molecule has 4 aliphatic rings. The number of aromatic nitrogens is 1. The second-order valence-electron chi connectivity index (χ2n) is 12.4. The van der Waals surface area contributed by atoms with Crippen LogP contribution in [0.2, 0.25) is 0 Å². The lowest BCUT2D eigenvalue weighted by Gasteiger charge is -2.62. The highest BCUT2D eigenvalue weighted by Gasteiger charge is 2.71. The number of aryl methyl sites for hydroxylation is 1. The molecule has 0 radical (unpaired) electrons. The Morgan fingerprint density at radius 2 is 1.95 bits per heavy atom. The SMILES string of the molecule is Cc1ccc(C(=O)Nc2nc(C3C(C)CC4C5CCC6=CC(=O)C=CC6(C)C5(F)C(O)CC43C)cs2)cc1. The third-order valence-electron chi connectivity index (χ3n) is 10.4. The number of hydrogen-bond acceptors (Lipinski definition) is 5. The Morgan fingerprint density at radius 3 is 2.68 bits per heavy atom. The van der Waals surface area contributed by atoms with Crippen molar-refractivity contribution in [3.8, 4) is 0 Å². The van der Waals surface area contributed by atoms with E-state index >= 15 is 4.39 Å². The number of fused-ring (bicyclic) bond motifs is 5. The lowest BCUT2D eigenvalue weighted by molar-refractivity contribution is -0.191. The Hall–Kier alpha value is -2.64. The molecule has 8 unspecified atom stereocenters. The molecule has 1 aromatic heterocycles. The molecule has 200 valence electrons. The quantitative estimate of drug-likeness (QED) is 0.477. The third kappa shape index (κ3) is 3.54. The summed E-state index contributed by atoms with van der Waals surface area (Å²) in [5, 5.41) is 17.1. The lowest BCUT2D eigenvalue weighted by Crippen LogP contribution is -2.66. The van der Waals surface area contributed by atoms with Crippen LogP contribution in [-0.2, 0) is 4.79 Å². The van der Waals surface area contributed by atoms with E-state index in [0.717, 1.165) is 23.3 Å². The molecule has 7 heteroatoms. The first-order valence-corrected chi connectivity index (χ1v) is 14.5. The standard InChI is InChI=1S/C31H35FN2O3S/c1-17-5-7-19(8-6-17)27(37)34-28-33-24(16-38-28)26-18(2)13-23-22-10-9-20-14-21(35)11-12-30(20,4)31(22,32)25(36)15-29(23,26)3/h5-8,11-12,14,16,18,22-23,25-26,36H,9-10,13,15H2,1-4H3,(H,33,34,37). The minimum absolute atomic E-state index is 0.0567. The van der Waals surface area contributed by atoms with E-state index in [4.69, 9.17) is 4.98 Å². The van der Waals surface area contributed by atoms with E-state index in [9.17, 15) is 14.7 Å². The van der Waals surface area contributed by atoms with Crippen LogP contribution in [0.1, 0.15) is 74.0 Å². The molecule has 8 atom stereocenters. The van der Waals surface area contributed by atoms with Crippen molar-refractivity contribution in [3.63, 3.8) is 0 Å².